The maximum absolute atomic E-state index is 12.0. The highest BCUT2D eigenvalue weighted by molar-refractivity contribution is 5.71. The largest absolute Gasteiger partial charge is 0.447 e. The minimum absolute atomic E-state index is 0.139. The minimum Gasteiger partial charge on any atom is -0.447 e. The number of ether oxygens (including phenoxy) is 1. The molecular formula is C15H20N2O2. The van der Waals surface area contributed by atoms with E-state index in [-0.39, 0.29) is 11.6 Å². The van der Waals surface area contributed by atoms with Gasteiger partial charge in [0.1, 0.15) is 6.61 Å². The van der Waals surface area contributed by atoms with Gasteiger partial charge in [-0.15, -0.1) is 0 Å². The highest BCUT2D eigenvalue weighted by Crippen LogP contribution is 2.32. The van der Waals surface area contributed by atoms with Gasteiger partial charge in [0, 0.05) is 13.1 Å². The summed E-state index contributed by atoms with van der Waals surface area (Å²) < 4.78 is 5.30. The zero-order chi connectivity index (χ0) is 13.3. The first-order chi connectivity index (χ1) is 9.20. The Morgan fingerprint density at radius 3 is 2.84 bits per heavy atom. The van der Waals surface area contributed by atoms with E-state index >= 15 is 0 Å². The summed E-state index contributed by atoms with van der Waals surface area (Å²) >= 11 is 0. The second kappa shape index (κ2) is 4.85. The van der Waals surface area contributed by atoms with Crippen molar-refractivity contribution in [2.75, 3.05) is 19.7 Å². The topological polar surface area (TPSA) is 41.6 Å². The van der Waals surface area contributed by atoms with Crippen LogP contribution >= 0.6 is 0 Å². The van der Waals surface area contributed by atoms with Gasteiger partial charge in [-0.1, -0.05) is 29.8 Å². The number of carbonyl (C=O) groups is 1. The number of amides is 1. The average Bonchev–Trinajstić information content (AvgIpc) is 2.72. The molecule has 2 aliphatic rings. The Labute approximate surface area is 113 Å². The third kappa shape index (κ3) is 2.32. The van der Waals surface area contributed by atoms with Crippen molar-refractivity contribution >= 4 is 6.09 Å². The fourth-order valence-corrected chi connectivity index (χ4v) is 2.96. The number of piperidine rings is 1. The van der Waals surface area contributed by atoms with Crippen molar-refractivity contribution in [3.05, 3.63) is 35.4 Å². The maximum atomic E-state index is 12.0. The van der Waals surface area contributed by atoms with Crippen LogP contribution in [0.2, 0.25) is 0 Å². The fraction of sp³-hybridized carbons (Fsp3) is 0.533. The number of carbonyl (C=O) groups excluding carboxylic acids is 1. The summed E-state index contributed by atoms with van der Waals surface area (Å²) in [6.45, 7) is 5.10. The first kappa shape index (κ1) is 12.5. The monoisotopic (exact) mass is 260 g/mol. The van der Waals surface area contributed by atoms with Crippen LogP contribution in [0.4, 0.5) is 4.79 Å². The Bertz CT molecular complexity index is 464. The molecule has 2 heterocycles. The molecule has 1 N–H and O–H groups in total. The number of rotatable bonds is 2. The molecule has 102 valence electrons. The van der Waals surface area contributed by atoms with Gasteiger partial charge in [-0.2, -0.15) is 0 Å². The van der Waals surface area contributed by atoms with Gasteiger partial charge in [0.15, 0.2) is 0 Å². The van der Waals surface area contributed by atoms with E-state index < -0.39 is 0 Å². The summed E-state index contributed by atoms with van der Waals surface area (Å²) in [5, 5.41) is 3.39. The Hall–Kier alpha value is -1.55. The van der Waals surface area contributed by atoms with E-state index in [4.69, 9.17) is 4.74 Å². The summed E-state index contributed by atoms with van der Waals surface area (Å²) in [6, 6.07) is 8.35. The quantitative estimate of drug-likeness (QED) is 0.885. The summed E-state index contributed by atoms with van der Waals surface area (Å²) in [5.41, 5.74) is 2.26. The average molecular weight is 260 g/mol. The van der Waals surface area contributed by atoms with Gasteiger partial charge in [0.25, 0.3) is 0 Å². The van der Waals surface area contributed by atoms with Crippen LogP contribution in [0.15, 0.2) is 24.3 Å². The van der Waals surface area contributed by atoms with Crippen molar-refractivity contribution in [1.29, 1.82) is 0 Å². The van der Waals surface area contributed by atoms with Crippen molar-refractivity contribution in [1.82, 2.24) is 10.2 Å². The third-order valence-corrected chi connectivity index (χ3v) is 4.17. The number of nitrogens with one attached hydrogen (secondary N) is 1. The van der Waals surface area contributed by atoms with Gasteiger partial charge in [-0.05, 0) is 31.9 Å². The lowest BCUT2D eigenvalue weighted by molar-refractivity contribution is 0.124. The second-order valence-corrected chi connectivity index (χ2v) is 5.63. The molecule has 3 rings (SSSR count). The number of cyclic esters (lactones) is 1. The summed E-state index contributed by atoms with van der Waals surface area (Å²) in [7, 11) is 0. The van der Waals surface area contributed by atoms with E-state index in [0.29, 0.717) is 13.2 Å². The molecule has 4 heteroatoms. The van der Waals surface area contributed by atoms with E-state index in [2.05, 4.69) is 36.5 Å². The highest BCUT2D eigenvalue weighted by Gasteiger charge is 2.47. The Morgan fingerprint density at radius 1 is 1.37 bits per heavy atom. The van der Waals surface area contributed by atoms with Crippen molar-refractivity contribution in [3.63, 3.8) is 0 Å². The molecule has 1 amide bonds. The number of hydrogen-bond donors (Lipinski definition) is 1. The summed E-state index contributed by atoms with van der Waals surface area (Å²) in [5.74, 6) is 0. The molecule has 2 aliphatic heterocycles. The lowest BCUT2D eigenvalue weighted by Gasteiger charge is -2.38. The number of nitrogens with zero attached hydrogens (tertiary/aromatic N) is 1. The zero-order valence-corrected chi connectivity index (χ0v) is 11.3. The van der Waals surface area contributed by atoms with E-state index in [1.807, 2.05) is 4.90 Å². The lowest BCUT2D eigenvalue weighted by Crippen LogP contribution is -2.56. The Balaban J connectivity index is 1.80. The minimum atomic E-state index is -0.177. The molecule has 0 aromatic heterocycles. The smallest absolute Gasteiger partial charge is 0.410 e. The van der Waals surface area contributed by atoms with Crippen LogP contribution in [0.3, 0.4) is 0 Å². The Morgan fingerprint density at radius 2 is 2.16 bits per heavy atom. The van der Waals surface area contributed by atoms with E-state index in [9.17, 15) is 4.79 Å². The first-order valence-corrected chi connectivity index (χ1v) is 6.90. The standard InChI is InChI=1S/C15H20N2O2/c1-12-3-5-13(6-4-12)9-17-14(18)19-11-15(17)7-2-8-16-10-15/h3-6,16H,2,7-11H2,1H3. The molecule has 2 saturated heterocycles. The van der Waals surface area contributed by atoms with Crippen LogP contribution in [-0.4, -0.2) is 36.2 Å². The molecule has 2 fully saturated rings. The van der Waals surface area contributed by atoms with Gasteiger partial charge in [-0.3, -0.25) is 4.90 Å². The summed E-state index contributed by atoms with van der Waals surface area (Å²) in [6.07, 6.45) is 1.95. The SMILES string of the molecule is Cc1ccc(CN2C(=O)OCC23CCCNC3)cc1. The van der Waals surface area contributed by atoms with E-state index in [1.54, 1.807) is 0 Å². The van der Waals surface area contributed by atoms with Crippen LogP contribution in [-0.2, 0) is 11.3 Å². The van der Waals surface area contributed by atoms with Gasteiger partial charge in [0.2, 0.25) is 0 Å². The predicted molar refractivity (Wildman–Crippen MR) is 72.9 cm³/mol. The van der Waals surface area contributed by atoms with E-state index in [0.717, 1.165) is 31.5 Å². The molecule has 0 aliphatic carbocycles. The number of hydrogen-bond acceptors (Lipinski definition) is 3. The van der Waals surface area contributed by atoms with Gasteiger partial charge in [0.05, 0.1) is 5.54 Å². The van der Waals surface area contributed by atoms with Gasteiger partial charge in [-0.25, -0.2) is 4.79 Å². The van der Waals surface area contributed by atoms with Crippen LogP contribution in [0.1, 0.15) is 24.0 Å². The Kier molecular flexibility index (Phi) is 3.19. The zero-order valence-electron chi connectivity index (χ0n) is 11.3. The van der Waals surface area contributed by atoms with Crippen molar-refractivity contribution in [2.24, 2.45) is 0 Å². The molecule has 1 spiro atoms. The maximum Gasteiger partial charge on any atom is 0.410 e. The molecule has 1 aromatic carbocycles. The molecule has 0 saturated carbocycles. The first-order valence-electron chi connectivity index (χ1n) is 6.90. The predicted octanol–water partition coefficient (Wildman–Crippen LogP) is 2.07. The normalized spacial score (nSPS) is 26.8. The summed E-state index contributed by atoms with van der Waals surface area (Å²) in [4.78, 5) is 13.9. The van der Waals surface area contributed by atoms with Gasteiger partial charge >= 0.3 is 6.09 Å². The van der Waals surface area contributed by atoms with Crippen molar-refractivity contribution < 1.29 is 9.53 Å². The molecule has 1 aromatic rings. The number of benzene rings is 1. The molecule has 4 nitrogen and oxygen atoms in total. The molecule has 0 radical (unpaired) electrons. The number of aryl methyl sites for hydroxylation is 1. The third-order valence-electron chi connectivity index (χ3n) is 4.17. The highest BCUT2D eigenvalue weighted by atomic mass is 16.6. The molecule has 19 heavy (non-hydrogen) atoms. The molecule has 1 unspecified atom stereocenters. The van der Waals surface area contributed by atoms with Crippen LogP contribution in [0, 0.1) is 6.92 Å². The second-order valence-electron chi connectivity index (χ2n) is 5.63. The van der Waals surface area contributed by atoms with Gasteiger partial charge < -0.3 is 10.1 Å². The van der Waals surface area contributed by atoms with Crippen LogP contribution < -0.4 is 5.32 Å². The molecule has 1 atom stereocenters. The van der Waals surface area contributed by atoms with Crippen molar-refractivity contribution in [3.8, 4) is 0 Å². The van der Waals surface area contributed by atoms with Crippen LogP contribution in [0.5, 0.6) is 0 Å². The fourth-order valence-electron chi connectivity index (χ4n) is 2.96. The van der Waals surface area contributed by atoms with Crippen molar-refractivity contribution in [2.45, 2.75) is 31.8 Å². The molecular weight excluding hydrogens is 240 g/mol. The molecule has 0 bridgehead atoms. The lowest BCUT2D eigenvalue weighted by atomic mass is 9.89. The van der Waals surface area contributed by atoms with Crippen LogP contribution in [0.25, 0.3) is 0 Å². The van der Waals surface area contributed by atoms with E-state index in [1.165, 1.54) is 5.56 Å².